The highest BCUT2D eigenvalue weighted by Crippen LogP contribution is 2.19. The molecule has 0 aliphatic heterocycles. The lowest BCUT2D eigenvalue weighted by Crippen LogP contribution is -2.50. The van der Waals surface area contributed by atoms with Gasteiger partial charge in [0.1, 0.15) is 6.61 Å². The largest absolute Gasteiger partial charge is 0.479 e. The van der Waals surface area contributed by atoms with E-state index in [4.69, 9.17) is 9.47 Å². The van der Waals surface area contributed by atoms with Gasteiger partial charge in [0.05, 0.1) is 0 Å². The summed E-state index contributed by atoms with van der Waals surface area (Å²) in [6.45, 7) is -0.201. The minimum absolute atomic E-state index is 0.155. The number of nitrogens with zero attached hydrogens (tertiary/aromatic N) is 1. The molecule has 0 spiro atoms. The number of hydrogen-bond acceptors (Lipinski definition) is 6. The Morgan fingerprint density at radius 2 is 1.24 bits per heavy atom. The molecule has 2 atom stereocenters. The van der Waals surface area contributed by atoms with Crippen LogP contribution in [-0.4, -0.2) is 72.2 Å². The number of carboxylic acid groups (broad SMARTS) is 1. The van der Waals surface area contributed by atoms with Gasteiger partial charge >= 0.3 is 5.97 Å². The molecule has 46 heavy (non-hydrogen) atoms. The zero-order valence-corrected chi connectivity index (χ0v) is 26.4. The predicted molar refractivity (Wildman–Crippen MR) is 178 cm³/mol. The van der Waals surface area contributed by atoms with Gasteiger partial charge in [-0.05, 0) is 71.2 Å². The molecule has 4 aromatic rings. The minimum atomic E-state index is -1.71. The summed E-state index contributed by atoms with van der Waals surface area (Å²) in [7, 11) is 1.11. The molecule has 0 bridgehead atoms. The number of ether oxygens (including phenoxy) is 2. The van der Waals surface area contributed by atoms with E-state index >= 15 is 0 Å². The summed E-state index contributed by atoms with van der Waals surface area (Å²) in [5.41, 5.74) is 2.50. The van der Waals surface area contributed by atoms with Gasteiger partial charge in [-0.1, -0.05) is 97.8 Å². The van der Waals surface area contributed by atoms with E-state index in [0.29, 0.717) is 24.4 Å². The highest BCUT2D eigenvalue weighted by Gasteiger charge is 2.36. The van der Waals surface area contributed by atoms with Gasteiger partial charge in [-0.25, -0.2) is 9.86 Å². The zero-order valence-electron chi connectivity index (χ0n) is 26.4. The van der Waals surface area contributed by atoms with E-state index in [1.54, 1.807) is 0 Å². The molecule has 2 unspecified atom stereocenters. The van der Waals surface area contributed by atoms with Gasteiger partial charge in [0.25, 0.3) is 11.8 Å². The Balaban J connectivity index is 1.23. The third-order valence-corrected chi connectivity index (χ3v) is 8.00. The van der Waals surface area contributed by atoms with Crippen molar-refractivity contribution in [3.63, 3.8) is 0 Å². The molecule has 0 saturated carbocycles. The lowest BCUT2D eigenvalue weighted by atomic mass is 10.0. The second kappa shape index (κ2) is 18.0. The number of aryl methyl sites for hydroxylation is 2. The summed E-state index contributed by atoms with van der Waals surface area (Å²) >= 11 is 0. The average Bonchev–Trinajstić information content (AvgIpc) is 3.06. The van der Waals surface area contributed by atoms with E-state index in [9.17, 15) is 24.7 Å². The Bertz CT molecular complexity index is 1590. The van der Waals surface area contributed by atoms with Crippen LogP contribution >= 0.6 is 0 Å². The summed E-state index contributed by atoms with van der Waals surface area (Å²) in [4.78, 5) is 37.0. The van der Waals surface area contributed by atoms with Gasteiger partial charge in [-0.2, -0.15) is 0 Å². The number of fused-ring (bicyclic) bond motifs is 2. The molecular formula is C37H44N2O7. The first-order valence-corrected chi connectivity index (χ1v) is 16.0. The Morgan fingerprint density at radius 3 is 1.78 bits per heavy atom. The van der Waals surface area contributed by atoms with Crippen molar-refractivity contribution in [3.05, 3.63) is 96.1 Å². The number of carbonyl (C=O) groups is 3. The van der Waals surface area contributed by atoms with Crippen LogP contribution in [0.1, 0.15) is 49.7 Å². The first kappa shape index (κ1) is 34.6. The van der Waals surface area contributed by atoms with Crippen LogP contribution in [0.15, 0.2) is 84.9 Å². The maximum atomic E-state index is 13.1. The fraction of sp³-hybridized carbons (Fsp3) is 0.378. The quantitative estimate of drug-likeness (QED) is 0.0667. The van der Waals surface area contributed by atoms with Crippen LogP contribution in [0.5, 0.6) is 0 Å². The lowest BCUT2D eigenvalue weighted by Gasteiger charge is -2.24. The SMILES string of the molecule is CN(O)C(=O)COC(C(=O)O)C(OCCCCCc1ccc2ccccc2c1)C(=O)NCCCCCc1ccc2ccccc2c1. The number of carboxylic acids is 1. The molecule has 4 aromatic carbocycles. The molecule has 3 N–H and O–H groups in total. The molecule has 0 aliphatic carbocycles. The van der Waals surface area contributed by atoms with Crippen LogP contribution in [0.25, 0.3) is 21.5 Å². The summed E-state index contributed by atoms with van der Waals surface area (Å²) in [6, 6.07) is 29.4. The van der Waals surface area contributed by atoms with Crippen LogP contribution in [0.4, 0.5) is 0 Å². The first-order valence-electron chi connectivity index (χ1n) is 16.0. The molecular weight excluding hydrogens is 584 g/mol. The van der Waals surface area contributed by atoms with Crippen LogP contribution in [-0.2, 0) is 36.7 Å². The van der Waals surface area contributed by atoms with Crippen molar-refractivity contribution in [2.75, 3.05) is 26.8 Å². The number of carbonyl (C=O) groups excluding carboxylic acids is 2. The molecule has 244 valence electrons. The van der Waals surface area contributed by atoms with Crippen LogP contribution in [0.3, 0.4) is 0 Å². The monoisotopic (exact) mass is 628 g/mol. The van der Waals surface area contributed by atoms with Gasteiger partial charge in [0, 0.05) is 20.2 Å². The number of rotatable bonds is 19. The summed E-state index contributed by atoms with van der Waals surface area (Å²) < 4.78 is 11.1. The first-order chi connectivity index (χ1) is 22.3. The standard InChI is InChI=1S/C37H44N2O7/c1-39(44)33(40)26-46-35(37(42)43)34(45-23-11-3-5-13-28-19-21-30-15-7-9-17-32(30)25-28)36(41)38-22-10-2-4-12-27-18-20-29-14-6-8-16-31(29)24-27/h6-9,14-21,24-25,34-35,44H,2-5,10-13,22-23,26H2,1H3,(H,38,41)(H,42,43). The predicted octanol–water partition coefficient (Wildman–Crippen LogP) is 5.94. The fourth-order valence-corrected chi connectivity index (χ4v) is 5.39. The molecule has 0 saturated heterocycles. The van der Waals surface area contributed by atoms with Crippen molar-refractivity contribution < 1.29 is 34.2 Å². The van der Waals surface area contributed by atoms with Crippen LogP contribution < -0.4 is 5.32 Å². The molecule has 4 rings (SSSR count). The minimum Gasteiger partial charge on any atom is -0.479 e. The fourth-order valence-electron chi connectivity index (χ4n) is 5.39. The number of aliphatic carboxylic acids is 1. The molecule has 0 aliphatic rings. The van der Waals surface area contributed by atoms with Gasteiger partial charge in [-0.3, -0.25) is 14.8 Å². The zero-order chi connectivity index (χ0) is 32.7. The molecule has 9 nitrogen and oxygen atoms in total. The Morgan fingerprint density at radius 1 is 0.696 bits per heavy atom. The van der Waals surface area contributed by atoms with Crippen molar-refractivity contribution in [1.82, 2.24) is 10.4 Å². The van der Waals surface area contributed by atoms with Crippen molar-refractivity contribution in [1.29, 1.82) is 0 Å². The van der Waals surface area contributed by atoms with Gasteiger partial charge < -0.3 is 19.9 Å². The normalized spacial score (nSPS) is 12.6. The number of unbranched alkanes of at least 4 members (excludes halogenated alkanes) is 4. The summed E-state index contributed by atoms with van der Waals surface area (Å²) in [6.07, 6.45) is 3.56. The third-order valence-electron chi connectivity index (χ3n) is 8.00. The van der Waals surface area contributed by atoms with E-state index in [2.05, 4.69) is 66.0 Å². The van der Waals surface area contributed by atoms with Crippen molar-refractivity contribution >= 4 is 39.3 Å². The molecule has 9 heteroatoms. The molecule has 0 aromatic heterocycles. The number of amides is 2. The van der Waals surface area contributed by atoms with E-state index in [0.717, 1.165) is 45.6 Å². The Labute approximate surface area is 270 Å². The number of nitrogens with one attached hydrogen (secondary N) is 1. The second-order valence-corrected chi connectivity index (χ2v) is 11.6. The topological polar surface area (TPSA) is 125 Å². The number of hydrogen-bond donors (Lipinski definition) is 3. The third kappa shape index (κ3) is 10.7. The highest BCUT2D eigenvalue weighted by molar-refractivity contribution is 5.88. The van der Waals surface area contributed by atoms with Gasteiger partial charge in [0.2, 0.25) is 0 Å². The number of hydroxylamine groups is 2. The highest BCUT2D eigenvalue weighted by atomic mass is 16.6. The molecule has 0 radical (unpaired) electrons. The number of benzene rings is 4. The van der Waals surface area contributed by atoms with E-state index < -0.39 is 36.6 Å². The maximum absolute atomic E-state index is 13.1. The lowest BCUT2D eigenvalue weighted by molar-refractivity contribution is -0.179. The Kier molecular flexibility index (Phi) is 13.5. The molecule has 0 fully saturated rings. The van der Waals surface area contributed by atoms with E-state index in [1.165, 1.54) is 32.7 Å². The molecule has 0 heterocycles. The van der Waals surface area contributed by atoms with Crippen molar-refractivity contribution in [2.24, 2.45) is 0 Å². The second-order valence-electron chi connectivity index (χ2n) is 11.6. The van der Waals surface area contributed by atoms with Crippen LogP contribution in [0, 0.1) is 0 Å². The number of likely N-dealkylation sites (N-methyl/N-ethyl adjacent to an activating group) is 1. The smallest absolute Gasteiger partial charge is 0.336 e. The molecule has 2 amide bonds. The van der Waals surface area contributed by atoms with Crippen molar-refractivity contribution in [2.45, 2.75) is 63.6 Å². The van der Waals surface area contributed by atoms with Gasteiger partial charge in [0.15, 0.2) is 12.2 Å². The Hall–Kier alpha value is -4.31. The van der Waals surface area contributed by atoms with Gasteiger partial charge in [-0.15, -0.1) is 0 Å². The summed E-state index contributed by atoms with van der Waals surface area (Å²) in [5.74, 6) is -2.88. The van der Waals surface area contributed by atoms with Crippen LogP contribution in [0.2, 0.25) is 0 Å². The van der Waals surface area contributed by atoms with E-state index in [1.807, 2.05) is 24.3 Å². The average molecular weight is 629 g/mol. The van der Waals surface area contributed by atoms with E-state index in [-0.39, 0.29) is 6.61 Å². The maximum Gasteiger partial charge on any atom is 0.336 e. The summed E-state index contributed by atoms with van der Waals surface area (Å²) in [5, 5.41) is 27.1. The van der Waals surface area contributed by atoms with Crippen molar-refractivity contribution in [3.8, 4) is 0 Å².